The zero-order chi connectivity index (χ0) is 27.8. The summed E-state index contributed by atoms with van der Waals surface area (Å²) < 4.78 is 21.7. The first-order chi connectivity index (χ1) is 18.8. The zero-order valence-electron chi connectivity index (χ0n) is 21.8. The topological polar surface area (TPSA) is 142 Å². The molecular formula is C26H29N5O7S. The molecule has 0 bridgehead atoms. The molecule has 3 aromatic heterocycles. The van der Waals surface area contributed by atoms with Gasteiger partial charge in [0.15, 0.2) is 5.13 Å². The molecule has 1 saturated heterocycles. The molecule has 206 valence electrons. The van der Waals surface area contributed by atoms with Gasteiger partial charge < -0.3 is 23.8 Å². The summed E-state index contributed by atoms with van der Waals surface area (Å²) in [6.07, 6.45) is 1.26. The number of hydrogen-bond donors (Lipinski definition) is 1. The average molecular weight is 556 g/mol. The Balaban J connectivity index is 1.47. The lowest BCUT2D eigenvalue weighted by Gasteiger charge is -2.26. The molecule has 0 saturated carbocycles. The van der Waals surface area contributed by atoms with Crippen molar-refractivity contribution >= 4 is 34.3 Å². The van der Waals surface area contributed by atoms with E-state index in [0.717, 1.165) is 0 Å². The van der Waals surface area contributed by atoms with Gasteiger partial charge in [0.1, 0.15) is 0 Å². The van der Waals surface area contributed by atoms with Gasteiger partial charge in [-0.15, -0.1) is 11.3 Å². The van der Waals surface area contributed by atoms with Gasteiger partial charge in [-0.1, -0.05) is 0 Å². The van der Waals surface area contributed by atoms with E-state index in [9.17, 15) is 14.4 Å². The normalized spacial score (nSPS) is 13.2. The van der Waals surface area contributed by atoms with Gasteiger partial charge in [-0.3, -0.25) is 19.7 Å². The average Bonchev–Trinajstić information content (AvgIpc) is 3.35. The summed E-state index contributed by atoms with van der Waals surface area (Å²) in [4.78, 5) is 51.9. The molecule has 0 spiro atoms. The summed E-state index contributed by atoms with van der Waals surface area (Å²) >= 11 is 1.19. The first kappa shape index (κ1) is 27.9. The van der Waals surface area contributed by atoms with Gasteiger partial charge in [0.05, 0.1) is 49.2 Å². The molecule has 4 heterocycles. The van der Waals surface area contributed by atoms with E-state index in [1.807, 2.05) is 13.8 Å². The second-order valence-electron chi connectivity index (χ2n) is 8.67. The molecule has 3 aromatic rings. The fourth-order valence-electron chi connectivity index (χ4n) is 3.56. The van der Waals surface area contributed by atoms with Crippen LogP contribution in [0.3, 0.4) is 0 Å². The van der Waals surface area contributed by atoms with Crippen molar-refractivity contribution in [3.8, 4) is 17.6 Å². The number of anilines is 1. The van der Waals surface area contributed by atoms with Crippen LogP contribution in [0.25, 0.3) is 0 Å². The third kappa shape index (κ3) is 7.94. The van der Waals surface area contributed by atoms with Crippen molar-refractivity contribution in [1.82, 2.24) is 19.9 Å². The fraction of sp³-hybridized carbons (Fsp3) is 0.385. The van der Waals surface area contributed by atoms with E-state index in [1.165, 1.54) is 29.7 Å². The molecule has 4 rings (SSSR count). The van der Waals surface area contributed by atoms with Crippen molar-refractivity contribution in [3.63, 3.8) is 0 Å². The Kier molecular flexibility index (Phi) is 9.39. The first-order valence-corrected chi connectivity index (χ1v) is 13.3. The number of hydrogen-bond acceptors (Lipinski definition) is 11. The maximum atomic E-state index is 13.0. The van der Waals surface area contributed by atoms with Crippen LogP contribution in [0.2, 0.25) is 0 Å². The number of carbonyl (C=O) groups is 3. The van der Waals surface area contributed by atoms with Crippen molar-refractivity contribution in [1.29, 1.82) is 0 Å². The van der Waals surface area contributed by atoms with Crippen LogP contribution in [0.4, 0.5) is 5.13 Å². The Morgan fingerprint density at radius 3 is 2.54 bits per heavy atom. The Labute approximate surface area is 229 Å². The Bertz CT molecular complexity index is 1310. The van der Waals surface area contributed by atoms with Gasteiger partial charge in [0.2, 0.25) is 17.6 Å². The van der Waals surface area contributed by atoms with Gasteiger partial charge in [-0.05, 0) is 26.8 Å². The molecule has 12 nitrogen and oxygen atoms in total. The summed E-state index contributed by atoms with van der Waals surface area (Å²) in [5, 5.41) is 4.72. The van der Waals surface area contributed by atoms with Gasteiger partial charge in [0, 0.05) is 42.9 Å². The summed E-state index contributed by atoms with van der Waals surface area (Å²) in [5.74, 6) is -0.521. The van der Waals surface area contributed by atoms with E-state index in [0.29, 0.717) is 42.7 Å². The molecule has 0 aromatic carbocycles. The third-order valence-electron chi connectivity index (χ3n) is 5.29. The Morgan fingerprint density at radius 2 is 1.85 bits per heavy atom. The highest BCUT2D eigenvalue weighted by Gasteiger charge is 2.20. The van der Waals surface area contributed by atoms with Crippen LogP contribution >= 0.6 is 11.3 Å². The van der Waals surface area contributed by atoms with Gasteiger partial charge in [0.25, 0.3) is 11.8 Å². The van der Waals surface area contributed by atoms with Crippen LogP contribution < -0.4 is 14.8 Å². The summed E-state index contributed by atoms with van der Waals surface area (Å²) in [7, 11) is 0. The largest absolute Gasteiger partial charge is 0.475 e. The lowest BCUT2D eigenvalue weighted by atomic mass is 10.2. The SMILES string of the molecule is CCOC(=O)Cc1csc(NC(=O)c2cc(Oc3ccc(C(=O)N4CCOCC4)cn3)nc(OC(C)C)c2)n1. The lowest BCUT2D eigenvalue weighted by Crippen LogP contribution is -2.40. The molecule has 1 aliphatic heterocycles. The van der Waals surface area contributed by atoms with Crippen LogP contribution in [0, 0.1) is 0 Å². The maximum absolute atomic E-state index is 13.0. The number of aromatic nitrogens is 3. The van der Waals surface area contributed by atoms with E-state index in [4.69, 9.17) is 18.9 Å². The van der Waals surface area contributed by atoms with Crippen LogP contribution in [-0.4, -0.2) is 76.6 Å². The van der Waals surface area contributed by atoms with Crippen molar-refractivity contribution in [2.24, 2.45) is 0 Å². The highest BCUT2D eigenvalue weighted by molar-refractivity contribution is 7.14. The van der Waals surface area contributed by atoms with E-state index < -0.39 is 5.91 Å². The van der Waals surface area contributed by atoms with E-state index in [1.54, 1.807) is 29.3 Å². The summed E-state index contributed by atoms with van der Waals surface area (Å²) in [6, 6.07) is 6.13. The van der Waals surface area contributed by atoms with Crippen LogP contribution in [-0.2, 0) is 20.7 Å². The number of rotatable bonds is 10. The molecule has 1 fully saturated rings. The summed E-state index contributed by atoms with van der Waals surface area (Å²) in [5.41, 5.74) is 1.15. The second kappa shape index (κ2) is 13.1. The molecule has 1 aliphatic rings. The number of pyridine rings is 2. The standard InChI is InChI=1S/C26H29N5O7S/c1-4-36-23(32)13-19-15-39-26(28-19)30-24(33)18-11-21(37-16(2)3)29-22(12-18)38-20-6-5-17(14-27-20)25(34)31-7-9-35-10-8-31/h5-6,11-12,14-16H,4,7-10,13H2,1-3H3,(H,28,30,33). The predicted molar refractivity (Wildman–Crippen MR) is 141 cm³/mol. The molecule has 13 heteroatoms. The predicted octanol–water partition coefficient (Wildman–Crippen LogP) is 3.34. The van der Waals surface area contributed by atoms with Crippen molar-refractivity contribution in [2.75, 3.05) is 38.2 Å². The van der Waals surface area contributed by atoms with E-state index >= 15 is 0 Å². The Hall–Kier alpha value is -4.10. The number of nitrogens with one attached hydrogen (secondary N) is 1. The smallest absolute Gasteiger partial charge is 0.311 e. The van der Waals surface area contributed by atoms with E-state index in [-0.39, 0.29) is 54.2 Å². The van der Waals surface area contributed by atoms with Crippen molar-refractivity contribution < 1.29 is 33.3 Å². The second-order valence-corrected chi connectivity index (χ2v) is 9.53. The number of thiazole rings is 1. The number of amides is 2. The Morgan fingerprint density at radius 1 is 1.08 bits per heavy atom. The minimum Gasteiger partial charge on any atom is -0.475 e. The molecular weight excluding hydrogens is 526 g/mol. The molecule has 0 aliphatic carbocycles. The van der Waals surface area contributed by atoms with Crippen LogP contribution in [0.5, 0.6) is 17.6 Å². The number of morpholine rings is 1. The number of carbonyl (C=O) groups excluding carboxylic acids is 3. The minimum absolute atomic E-state index is 0.0175. The summed E-state index contributed by atoms with van der Waals surface area (Å²) in [6.45, 7) is 7.76. The highest BCUT2D eigenvalue weighted by Crippen LogP contribution is 2.25. The third-order valence-corrected chi connectivity index (χ3v) is 6.10. The van der Waals surface area contributed by atoms with Gasteiger partial charge in [-0.2, -0.15) is 4.98 Å². The van der Waals surface area contributed by atoms with E-state index in [2.05, 4.69) is 20.3 Å². The van der Waals surface area contributed by atoms with Crippen LogP contribution in [0.15, 0.2) is 35.8 Å². The number of esters is 1. The molecule has 2 amide bonds. The van der Waals surface area contributed by atoms with Crippen molar-refractivity contribution in [2.45, 2.75) is 33.3 Å². The van der Waals surface area contributed by atoms with Gasteiger partial charge >= 0.3 is 5.97 Å². The highest BCUT2D eigenvalue weighted by atomic mass is 32.1. The molecule has 0 unspecified atom stereocenters. The molecule has 39 heavy (non-hydrogen) atoms. The molecule has 0 radical (unpaired) electrons. The first-order valence-electron chi connectivity index (χ1n) is 12.4. The number of ether oxygens (including phenoxy) is 4. The lowest BCUT2D eigenvalue weighted by molar-refractivity contribution is -0.142. The van der Waals surface area contributed by atoms with Crippen molar-refractivity contribution in [3.05, 3.63) is 52.7 Å². The monoisotopic (exact) mass is 555 g/mol. The fourth-order valence-corrected chi connectivity index (χ4v) is 4.27. The number of nitrogens with zero attached hydrogens (tertiary/aromatic N) is 4. The maximum Gasteiger partial charge on any atom is 0.311 e. The quantitative estimate of drug-likeness (QED) is 0.370. The van der Waals surface area contributed by atoms with Gasteiger partial charge in [-0.25, -0.2) is 9.97 Å². The molecule has 0 atom stereocenters. The minimum atomic E-state index is -0.465. The molecule has 1 N–H and O–H groups in total. The zero-order valence-corrected chi connectivity index (χ0v) is 22.7. The van der Waals surface area contributed by atoms with Crippen LogP contribution in [0.1, 0.15) is 47.2 Å².